The molecule has 1 aliphatic rings. The smallest absolute Gasteiger partial charge is 0.256 e. The van der Waals surface area contributed by atoms with Gasteiger partial charge in [0.2, 0.25) is 0 Å². The lowest BCUT2D eigenvalue weighted by atomic mass is 10.0. The van der Waals surface area contributed by atoms with E-state index in [1.54, 1.807) is 12.1 Å². The molecule has 0 radical (unpaired) electrons. The Morgan fingerprint density at radius 3 is 2.76 bits per heavy atom. The second kappa shape index (κ2) is 6.54. The van der Waals surface area contributed by atoms with E-state index >= 15 is 0 Å². The number of nitriles is 1. The summed E-state index contributed by atoms with van der Waals surface area (Å²) in [4.78, 5) is 12.8. The molecule has 25 heavy (non-hydrogen) atoms. The maximum Gasteiger partial charge on any atom is 0.256 e. The van der Waals surface area contributed by atoms with E-state index in [9.17, 15) is 4.79 Å². The van der Waals surface area contributed by atoms with E-state index in [0.717, 1.165) is 35.9 Å². The first-order chi connectivity index (χ1) is 12.3. The number of hydrogen-bond acceptors (Lipinski definition) is 3. The molecule has 3 aromatic rings. The zero-order valence-corrected chi connectivity index (χ0v) is 13.9. The van der Waals surface area contributed by atoms with E-state index in [1.807, 2.05) is 22.8 Å². The first-order valence-corrected chi connectivity index (χ1v) is 8.47. The number of benzene rings is 2. The monoisotopic (exact) mass is 330 g/mol. The van der Waals surface area contributed by atoms with Crippen LogP contribution in [-0.4, -0.2) is 4.57 Å². The van der Waals surface area contributed by atoms with Crippen molar-refractivity contribution in [2.24, 2.45) is 0 Å². The van der Waals surface area contributed by atoms with Gasteiger partial charge in [-0.15, -0.1) is 0 Å². The molecule has 0 N–H and O–H groups in total. The molecular weight excluding hydrogens is 312 g/mol. The Balaban J connectivity index is 1.57. The molecule has 0 amide bonds. The maximum atomic E-state index is 12.8. The lowest BCUT2D eigenvalue weighted by Crippen LogP contribution is -2.27. The summed E-state index contributed by atoms with van der Waals surface area (Å²) in [6.45, 7) is 1.48. The molecule has 2 heterocycles. The van der Waals surface area contributed by atoms with Crippen molar-refractivity contribution in [1.29, 1.82) is 5.26 Å². The van der Waals surface area contributed by atoms with Crippen LogP contribution in [0.2, 0.25) is 0 Å². The van der Waals surface area contributed by atoms with Crippen molar-refractivity contribution in [2.75, 3.05) is 0 Å². The highest BCUT2D eigenvalue weighted by Crippen LogP contribution is 2.24. The van der Waals surface area contributed by atoms with E-state index < -0.39 is 0 Å². The number of para-hydroxylation sites is 1. The Morgan fingerprint density at radius 2 is 1.96 bits per heavy atom. The summed E-state index contributed by atoms with van der Waals surface area (Å²) in [6.07, 6.45) is 2.03. The third-order valence-corrected chi connectivity index (χ3v) is 4.71. The van der Waals surface area contributed by atoms with Gasteiger partial charge in [-0.1, -0.05) is 30.3 Å². The fraction of sp³-hybridized carbons (Fsp3) is 0.238. The average molecular weight is 330 g/mol. The summed E-state index contributed by atoms with van der Waals surface area (Å²) >= 11 is 0. The first kappa shape index (κ1) is 15.6. The van der Waals surface area contributed by atoms with Crippen molar-refractivity contribution in [3.05, 3.63) is 81.1 Å². The minimum Gasteiger partial charge on any atom is -0.372 e. The van der Waals surface area contributed by atoms with Crippen LogP contribution in [0, 0.1) is 11.3 Å². The Hall–Kier alpha value is -2.90. The van der Waals surface area contributed by atoms with Gasteiger partial charge < -0.3 is 9.30 Å². The molecule has 1 aliphatic heterocycles. The van der Waals surface area contributed by atoms with E-state index in [4.69, 9.17) is 10.00 Å². The van der Waals surface area contributed by atoms with Crippen LogP contribution in [0.25, 0.3) is 10.9 Å². The summed E-state index contributed by atoms with van der Waals surface area (Å²) in [7, 11) is 0. The maximum absolute atomic E-state index is 12.8. The summed E-state index contributed by atoms with van der Waals surface area (Å²) in [6, 6.07) is 17.6. The highest BCUT2D eigenvalue weighted by molar-refractivity contribution is 5.83. The minimum absolute atomic E-state index is 0.0551. The molecule has 0 saturated carbocycles. The van der Waals surface area contributed by atoms with Crippen LogP contribution in [0.1, 0.15) is 28.7 Å². The van der Waals surface area contributed by atoms with Crippen molar-refractivity contribution < 1.29 is 4.74 Å². The predicted molar refractivity (Wildman–Crippen MR) is 96.2 cm³/mol. The number of rotatable bonds is 4. The largest absolute Gasteiger partial charge is 0.372 e. The van der Waals surface area contributed by atoms with Crippen LogP contribution in [0.15, 0.2) is 53.3 Å². The van der Waals surface area contributed by atoms with Crippen LogP contribution in [0.4, 0.5) is 0 Å². The van der Waals surface area contributed by atoms with Crippen LogP contribution < -0.4 is 5.56 Å². The fourth-order valence-electron chi connectivity index (χ4n) is 3.48. The molecule has 0 unspecified atom stereocenters. The van der Waals surface area contributed by atoms with Gasteiger partial charge in [-0.3, -0.25) is 4.79 Å². The molecule has 124 valence electrons. The SMILES string of the molecule is N#Cc1ccc(COCc2cc3cccc4c3n(c2=O)CCC4)cc1. The number of aromatic nitrogens is 1. The summed E-state index contributed by atoms with van der Waals surface area (Å²) in [5.74, 6) is 0. The normalized spacial score (nSPS) is 12.9. The molecule has 4 heteroatoms. The summed E-state index contributed by atoms with van der Waals surface area (Å²) in [5.41, 5.74) is 4.70. The van der Waals surface area contributed by atoms with Gasteiger partial charge in [-0.25, -0.2) is 0 Å². The highest BCUT2D eigenvalue weighted by Gasteiger charge is 2.16. The number of nitrogens with zero attached hydrogens (tertiary/aromatic N) is 2. The first-order valence-electron chi connectivity index (χ1n) is 8.47. The molecule has 0 spiro atoms. The molecule has 0 fully saturated rings. The third-order valence-electron chi connectivity index (χ3n) is 4.71. The van der Waals surface area contributed by atoms with Crippen LogP contribution in [0.5, 0.6) is 0 Å². The highest BCUT2D eigenvalue weighted by atomic mass is 16.5. The Morgan fingerprint density at radius 1 is 1.12 bits per heavy atom. The van der Waals surface area contributed by atoms with Gasteiger partial charge in [0.05, 0.1) is 30.4 Å². The van der Waals surface area contributed by atoms with Gasteiger partial charge in [0, 0.05) is 12.1 Å². The molecule has 4 rings (SSSR count). The standard InChI is InChI=1S/C21H18N2O2/c22-12-15-6-8-16(9-7-15)13-25-14-19-11-18-4-1-3-17-5-2-10-23(20(17)18)21(19)24/h1,3-4,6-9,11H,2,5,10,13-14H2. The van der Waals surface area contributed by atoms with Crippen molar-refractivity contribution in [3.8, 4) is 6.07 Å². The molecule has 0 aliphatic carbocycles. The van der Waals surface area contributed by atoms with Crippen LogP contribution >= 0.6 is 0 Å². The van der Waals surface area contributed by atoms with Gasteiger partial charge in [0.1, 0.15) is 0 Å². The lowest BCUT2D eigenvalue weighted by Gasteiger charge is -2.20. The Kier molecular flexibility index (Phi) is 4.09. The van der Waals surface area contributed by atoms with Gasteiger partial charge in [0.15, 0.2) is 0 Å². The predicted octanol–water partition coefficient (Wildman–Crippen LogP) is 3.54. The number of hydrogen-bond donors (Lipinski definition) is 0. The number of pyridine rings is 1. The van der Waals surface area contributed by atoms with Gasteiger partial charge in [0.25, 0.3) is 5.56 Å². The van der Waals surface area contributed by atoms with Gasteiger partial charge in [-0.2, -0.15) is 5.26 Å². The average Bonchev–Trinajstić information content (AvgIpc) is 2.66. The minimum atomic E-state index is 0.0551. The molecule has 2 aromatic carbocycles. The Bertz CT molecular complexity index is 1030. The van der Waals surface area contributed by atoms with Gasteiger partial charge in [-0.05, 0) is 47.6 Å². The summed E-state index contributed by atoms with van der Waals surface area (Å²) < 4.78 is 7.66. The van der Waals surface area contributed by atoms with Crippen LogP contribution in [-0.2, 0) is 30.9 Å². The molecule has 0 bridgehead atoms. The second-order valence-electron chi connectivity index (χ2n) is 6.39. The van der Waals surface area contributed by atoms with E-state index in [1.165, 1.54) is 5.56 Å². The number of ether oxygens (including phenoxy) is 1. The van der Waals surface area contributed by atoms with E-state index in [0.29, 0.717) is 24.3 Å². The van der Waals surface area contributed by atoms with Crippen molar-refractivity contribution in [1.82, 2.24) is 4.57 Å². The molecule has 4 nitrogen and oxygen atoms in total. The Labute approximate surface area is 145 Å². The quantitative estimate of drug-likeness (QED) is 0.735. The molecule has 0 saturated heterocycles. The molecule has 1 aromatic heterocycles. The zero-order valence-electron chi connectivity index (χ0n) is 13.9. The van der Waals surface area contributed by atoms with Gasteiger partial charge >= 0.3 is 0 Å². The summed E-state index contributed by atoms with van der Waals surface area (Å²) in [5, 5.41) is 9.93. The molecule has 0 atom stereocenters. The second-order valence-corrected chi connectivity index (χ2v) is 6.39. The zero-order chi connectivity index (χ0) is 17.2. The van der Waals surface area contributed by atoms with Crippen molar-refractivity contribution >= 4 is 10.9 Å². The third kappa shape index (κ3) is 2.95. The topological polar surface area (TPSA) is 55.0 Å². The van der Waals surface area contributed by atoms with E-state index in [-0.39, 0.29) is 5.56 Å². The molecular formula is C21H18N2O2. The van der Waals surface area contributed by atoms with Crippen molar-refractivity contribution in [2.45, 2.75) is 32.6 Å². The van der Waals surface area contributed by atoms with Crippen molar-refractivity contribution in [3.63, 3.8) is 0 Å². The fourth-order valence-corrected chi connectivity index (χ4v) is 3.48. The van der Waals surface area contributed by atoms with Crippen LogP contribution in [0.3, 0.4) is 0 Å². The lowest BCUT2D eigenvalue weighted by molar-refractivity contribution is 0.106. The van der Waals surface area contributed by atoms with E-state index in [2.05, 4.69) is 24.3 Å². The number of aryl methyl sites for hydroxylation is 2.